The smallest absolute Gasteiger partial charge is 0.308 e. The molecule has 2 unspecified atom stereocenters. The fourth-order valence-corrected chi connectivity index (χ4v) is 4.68. The molecule has 0 aliphatic carbocycles. The molecule has 1 aromatic rings. The van der Waals surface area contributed by atoms with Gasteiger partial charge in [-0.05, 0) is 63.0 Å². The molecule has 5 heteroatoms. The van der Waals surface area contributed by atoms with Gasteiger partial charge in [0.05, 0.1) is 5.56 Å². The summed E-state index contributed by atoms with van der Waals surface area (Å²) >= 11 is 0. The molecule has 5 nitrogen and oxygen atoms in total. The Bertz CT molecular complexity index is 912. The number of hydrogen-bond acceptors (Lipinski definition) is 5. The highest BCUT2D eigenvalue weighted by Crippen LogP contribution is 2.34. The monoisotopic (exact) mass is 514 g/mol. The number of Topliss-reactive ketones (excluding diaryl/α,β-unsaturated/α-hetero) is 1. The van der Waals surface area contributed by atoms with Crippen LogP contribution in [0.25, 0.3) is 0 Å². The molecule has 37 heavy (non-hydrogen) atoms. The van der Waals surface area contributed by atoms with Gasteiger partial charge in [-0.15, -0.1) is 0 Å². The second kappa shape index (κ2) is 17.1. The molecule has 0 spiro atoms. The van der Waals surface area contributed by atoms with Crippen LogP contribution in [0.3, 0.4) is 0 Å². The molecule has 0 saturated carbocycles. The predicted molar refractivity (Wildman–Crippen MR) is 151 cm³/mol. The molecule has 0 N–H and O–H groups in total. The number of ether oxygens (including phenoxy) is 2. The molecule has 0 saturated heterocycles. The molecular formula is C32H50O5. The van der Waals surface area contributed by atoms with Gasteiger partial charge in [-0.1, -0.05) is 84.3 Å². The molecule has 0 fully saturated rings. The minimum absolute atomic E-state index is 0.176. The molecular weight excluding hydrogens is 464 g/mol. The van der Waals surface area contributed by atoms with E-state index in [4.69, 9.17) is 9.47 Å². The Kier molecular flexibility index (Phi) is 15.1. The number of allylic oxidation sites excluding steroid dienone is 2. The van der Waals surface area contributed by atoms with E-state index in [-0.39, 0.29) is 11.5 Å². The van der Waals surface area contributed by atoms with Gasteiger partial charge in [0.15, 0.2) is 5.78 Å². The van der Waals surface area contributed by atoms with Crippen LogP contribution in [-0.4, -0.2) is 17.7 Å². The second-order valence-electron chi connectivity index (χ2n) is 11.3. The first-order valence-electron chi connectivity index (χ1n) is 14.1. The van der Waals surface area contributed by atoms with Crippen LogP contribution in [0.2, 0.25) is 0 Å². The molecule has 0 aromatic heterocycles. The molecule has 0 amide bonds. The zero-order chi connectivity index (χ0) is 28.0. The van der Waals surface area contributed by atoms with Gasteiger partial charge in [0.1, 0.15) is 11.5 Å². The average molecular weight is 515 g/mol. The quantitative estimate of drug-likeness (QED) is 0.0900. The van der Waals surface area contributed by atoms with Crippen molar-refractivity contribution in [2.45, 2.75) is 120 Å². The first-order valence-corrected chi connectivity index (χ1v) is 14.1. The summed E-state index contributed by atoms with van der Waals surface area (Å²) in [5.74, 6) is 1.63. The number of carbonyl (C=O) groups is 3. The third-order valence-electron chi connectivity index (χ3n) is 6.89. The lowest BCUT2D eigenvalue weighted by atomic mass is 9.91. The van der Waals surface area contributed by atoms with Crippen LogP contribution in [0, 0.1) is 17.8 Å². The lowest BCUT2D eigenvalue weighted by Gasteiger charge is -2.16. The number of ketones is 1. The Morgan fingerprint density at radius 2 is 1.30 bits per heavy atom. The first kappa shape index (κ1) is 32.6. The molecule has 208 valence electrons. The van der Waals surface area contributed by atoms with Crippen LogP contribution in [0.1, 0.15) is 129 Å². The number of benzene rings is 1. The Balaban J connectivity index is 2.67. The lowest BCUT2D eigenvalue weighted by molar-refractivity contribution is -0.132. The zero-order valence-corrected chi connectivity index (χ0v) is 24.6. The van der Waals surface area contributed by atoms with Crippen LogP contribution in [0.5, 0.6) is 11.5 Å². The van der Waals surface area contributed by atoms with Gasteiger partial charge in [-0.2, -0.15) is 0 Å². The minimum atomic E-state index is -0.525. The number of rotatable bonds is 17. The molecule has 0 aliphatic rings. The van der Waals surface area contributed by atoms with E-state index in [2.05, 4.69) is 40.7 Å². The average Bonchev–Trinajstić information content (AvgIpc) is 2.77. The third-order valence-corrected chi connectivity index (χ3v) is 6.89. The molecule has 2 atom stereocenters. The van der Waals surface area contributed by atoms with Gasteiger partial charge in [-0.3, -0.25) is 14.4 Å². The van der Waals surface area contributed by atoms with E-state index < -0.39 is 11.9 Å². The van der Waals surface area contributed by atoms with E-state index in [0.717, 1.165) is 24.7 Å². The van der Waals surface area contributed by atoms with Crippen molar-refractivity contribution in [3.05, 3.63) is 34.9 Å². The number of esters is 2. The van der Waals surface area contributed by atoms with Crippen LogP contribution < -0.4 is 9.47 Å². The maximum atomic E-state index is 12.1. The number of carbonyl (C=O) groups excluding carboxylic acids is 3. The highest BCUT2D eigenvalue weighted by Gasteiger charge is 2.20. The van der Waals surface area contributed by atoms with Crippen LogP contribution in [0.15, 0.2) is 23.8 Å². The summed E-state index contributed by atoms with van der Waals surface area (Å²) in [7, 11) is 0. The molecule has 1 rings (SSSR count). The third kappa shape index (κ3) is 13.6. The molecule has 0 heterocycles. The number of hydrogen-bond donors (Lipinski definition) is 0. The fraction of sp³-hybridized carbons (Fsp3) is 0.656. The summed E-state index contributed by atoms with van der Waals surface area (Å²) in [5, 5.41) is 0. The van der Waals surface area contributed by atoms with Crippen LogP contribution >= 0.6 is 0 Å². The standard InChI is InChI=1S/C32H50O5/c1-22(2)12-9-13-23(3)14-10-15-24(4)16-11-17-25(5)18-19-30-31(36-27(7)34)21-20-29(26(6)33)32(30)37-28(8)35/h18,20-24H,9-17,19H2,1-8H3/b25-18+. The van der Waals surface area contributed by atoms with Crippen molar-refractivity contribution in [1.82, 2.24) is 0 Å². The van der Waals surface area contributed by atoms with Crippen molar-refractivity contribution in [1.29, 1.82) is 0 Å². The molecule has 0 bridgehead atoms. The summed E-state index contributed by atoms with van der Waals surface area (Å²) in [6.07, 6.45) is 13.7. The minimum Gasteiger partial charge on any atom is -0.426 e. The molecule has 1 aromatic carbocycles. The van der Waals surface area contributed by atoms with Gasteiger partial charge in [0.2, 0.25) is 0 Å². The van der Waals surface area contributed by atoms with Crippen molar-refractivity contribution in [3.8, 4) is 11.5 Å². The molecule has 0 radical (unpaired) electrons. The van der Waals surface area contributed by atoms with E-state index in [0.29, 0.717) is 29.2 Å². The van der Waals surface area contributed by atoms with E-state index in [1.54, 1.807) is 6.07 Å². The van der Waals surface area contributed by atoms with E-state index >= 15 is 0 Å². The Labute approximate surface area is 225 Å². The van der Waals surface area contributed by atoms with Gasteiger partial charge < -0.3 is 9.47 Å². The second-order valence-corrected chi connectivity index (χ2v) is 11.3. The van der Waals surface area contributed by atoms with Crippen molar-refractivity contribution in [2.24, 2.45) is 17.8 Å². The van der Waals surface area contributed by atoms with E-state index in [1.165, 1.54) is 77.4 Å². The Morgan fingerprint density at radius 1 is 0.757 bits per heavy atom. The van der Waals surface area contributed by atoms with E-state index in [9.17, 15) is 14.4 Å². The van der Waals surface area contributed by atoms with Gasteiger partial charge >= 0.3 is 11.9 Å². The predicted octanol–water partition coefficient (Wildman–Crippen LogP) is 8.67. The van der Waals surface area contributed by atoms with Crippen molar-refractivity contribution in [3.63, 3.8) is 0 Å². The summed E-state index contributed by atoms with van der Waals surface area (Å²) < 4.78 is 10.8. The Hall–Kier alpha value is -2.43. The highest BCUT2D eigenvalue weighted by atomic mass is 16.5. The summed E-state index contributed by atoms with van der Waals surface area (Å²) in [5.41, 5.74) is 2.06. The summed E-state index contributed by atoms with van der Waals surface area (Å²) in [6.45, 7) is 15.5. The van der Waals surface area contributed by atoms with E-state index in [1.807, 2.05) is 0 Å². The maximum Gasteiger partial charge on any atom is 0.308 e. The van der Waals surface area contributed by atoms with Gasteiger partial charge in [0, 0.05) is 19.4 Å². The fourth-order valence-electron chi connectivity index (χ4n) is 4.68. The summed E-state index contributed by atoms with van der Waals surface area (Å²) in [6, 6.07) is 3.13. The highest BCUT2D eigenvalue weighted by molar-refractivity contribution is 5.98. The SMILES string of the molecule is CC(=O)Oc1ccc(C(C)=O)c(OC(C)=O)c1C/C=C(\C)CCCC(C)CCCC(C)CCCC(C)C. The van der Waals surface area contributed by atoms with Gasteiger partial charge in [0.25, 0.3) is 0 Å². The van der Waals surface area contributed by atoms with Gasteiger partial charge in [-0.25, -0.2) is 0 Å². The normalized spacial score (nSPS) is 13.4. The van der Waals surface area contributed by atoms with Crippen LogP contribution in [0.4, 0.5) is 0 Å². The topological polar surface area (TPSA) is 69.7 Å². The molecule has 0 aliphatic heterocycles. The summed E-state index contributed by atoms with van der Waals surface area (Å²) in [4.78, 5) is 35.5. The van der Waals surface area contributed by atoms with Crippen LogP contribution in [-0.2, 0) is 16.0 Å². The maximum absolute atomic E-state index is 12.1. The van der Waals surface area contributed by atoms with Crippen molar-refractivity contribution in [2.75, 3.05) is 0 Å². The zero-order valence-electron chi connectivity index (χ0n) is 24.6. The van der Waals surface area contributed by atoms with Crippen molar-refractivity contribution < 1.29 is 23.9 Å². The van der Waals surface area contributed by atoms with Crippen molar-refractivity contribution >= 4 is 17.7 Å². The largest absolute Gasteiger partial charge is 0.426 e. The Morgan fingerprint density at radius 3 is 1.81 bits per heavy atom. The first-order chi connectivity index (χ1) is 17.4. The lowest BCUT2D eigenvalue weighted by Crippen LogP contribution is -2.11.